The predicted molar refractivity (Wildman–Crippen MR) is 63.2 cm³/mol. The Kier molecular flexibility index (Phi) is 3.23. The third-order valence-corrected chi connectivity index (χ3v) is 3.56. The zero-order valence-electron chi connectivity index (χ0n) is 8.50. The van der Waals surface area contributed by atoms with Gasteiger partial charge < -0.3 is 5.11 Å². The van der Waals surface area contributed by atoms with Crippen LogP contribution in [0.25, 0.3) is 10.6 Å². The number of aryl methyl sites for hydroxylation is 1. The molecule has 0 unspecified atom stereocenters. The van der Waals surface area contributed by atoms with Gasteiger partial charge in [0.2, 0.25) is 0 Å². The molecular weight excluding hydrogens is 249 g/mol. The molecule has 0 aliphatic heterocycles. The summed E-state index contributed by atoms with van der Waals surface area (Å²) < 4.78 is 13.0. The standard InChI is InChI=1S/C11H9ClFNOS/c1-6-10(5-15)14-11(16-6)7-2-3-9(13)8(12)4-7/h2-4,15H,5H2,1H3. The number of aliphatic hydroxyl groups excluding tert-OH is 1. The van der Waals surface area contributed by atoms with Gasteiger partial charge in [-0.2, -0.15) is 0 Å². The van der Waals surface area contributed by atoms with Crippen LogP contribution in [0.4, 0.5) is 4.39 Å². The fourth-order valence-electron chi connectivity index (χ4n) is 1.33. The van der Waals surface area contributed by atoms with Crippen molar-refractivity contribution < 1.29 is 9.50 Å². The molecule has 1 N–H and O–H groups in total. The lowest BCUT2D eigenvalue weighted by atomic mass is 10.2. The van der Waals surface area contributed by atoms with Crippen LogP contribution in [-0.4, -0.2) is 10.1 Å². The fourth-order valence-corrected chi connectivity index (χ4v) is 2.43. The van der Waals surface area contributed by atoms with Crippen LogP contribution in [0.3, 0.4) is 0 Å². The first-order valence-corrected chi connectivity index (χ1v) is 5.84. The van der Waals surface area contributed by atoms with Crippen LogP contribution in [0, 0.1) is 12.7 Å². The molecule has 0 spiro atoms. The molecule has 0 fully saturated rings. The van der Waals surface area contributed by atoms with Gasteiger partial charge in [-0.3, -0.25) is 0 Å². The molecular formula is C11H9ClFNOS. The van der Waals surface area contributed by atoms with Crippen molar-refractivity contribution in [2.45, 2.75) is 13.5 Å². The maximum Gasteiger partial charge on any atom is 0.141 e. The van der Waals surface area contributed by atoms with Gasteiger partial charge >= 0.3 is 0 Å². The Morgan fingerprint density at radius 1 is 1.50 bits per heavy atom. The zero-order chi connectivity index (χ0) is 11.7. The topological polar surface area (TPSA) is 33.1 Å². The minimum atomic E-state index is -0.443. The summed E-state index contributed by atoms with van der Waals surface area (Å²) in [5.74, 6) is -0.443. The summed E-state index contributed by atoms with van der Waals surface area (Å²) in [5.41, 5.74) is 1.42. The molecule has 1 aromatic carbocycles. The summed E-state index contributed by atoms with van der Waals surface area (Å²) in [4.78, 5) is 5.21. The molecule has 0 saturated heterocycles. The van der Waals surface area contributed by atoms with Crippen molar-refractivity contribution in [3.63, 3.8) is 0 Å². The van der Waals surface area contributed by atoms with E-state index in [9.17, 15) is 4.39 Å². The summed E-state index contributed by atoms with van der Waals surface area (Å²) in [7, 11) is 0. The summed E-state index contributed by atoms with van der Waals surface area (Å²) in [5, 5.41) is 9.85. The molecule has 5 heteroatoms. The van der Waals surface area contributed by atoms with Crippen molar-refractivity contribution in [1.29, 1.82) is 0 Å². The molecule has 0 amide bonds. The predicted octanol–water partition coefficient (Wildman–Crippen LogP) is 3.40. The minimum Gasteiger partial charge on any atom is -0.390 e. The minimum absolute atomic E-state index is 0.0795. The number of rotatable bonds is 2. The molecule has 0 atom stereocenters. The van der Waals surface area contributed by atoms with Crippen molar-refractivity contribution in [3.8, 4) is 10.6 Å². The second-order valence-electron chi connectivity index (χ2n) is 3.31. The maximum absolute atomic E-state index is 13.0. The number of halogens is 2. The molecule has 0 aliphatic carbocycles. The van der Waals surface area contributed by atoms with Gasteiger partial charge in [-0.15, -0.1) is 11.3 Å². The molecule has 0 radical (unpaired) electrons. The van der Waals surface area contributed by atoms with Crippen molar-refractivity contribution >= 4 is 22.9 Å². The quantitative estimate of drug-likeness (QED) is 0.894. The van der Waals surface area contributed by atoms with E-state index in [1.165, 1.54) is 23.5 Å². The van der Waals surface area contributed by atoms with E-state index in [0.717, 1.165) is 15.4 Å². The van der Waals surface area contributed by atoms with Gasteiger partial charge in [0.05, 0.1) is 17.3 Å². The summed E-state index contributed by atoms with van der Waals surface area (Å²) in [6.07, 6.45) is 0. The fraction of sp³-hybridized carbons (Fsp3) is 0.182. The SMILES string of the molecule is Cc1sc(-c2ccc(F)c(Cl)c2)nc1CO. The second-order valence-corrected chi connectivity index (χ2v) is 4.92. The first kappa shape index (κ1) is 11.5. The van der Waals surface area contributed by atoms with E-state index >= 15 is 0 Å². The molecule has 2 aromatic rings. The van der Waals surface area contributed by atoms with E-state index in [1.807, 2.05) is 6.92 Å². The maximum atomic E-state index is 13.0. The molecule has 0 aliphatic rings. The molecule has 2 rings (SSSR count). The first-order chi connectivity index (χ1) is 7.61. The van der Waals surface area contributed by atoms with Crippen molar-refractivity contribution in [2.24, 2.45) is 0 Å². The number of aliphatic hydroxyl groups is 1. The zero-order valence-corrected chi connectivity index (χ0v) is 10.1. The van der Waals surface area contributed by atoms with Gasteiger partial charge in [-0.25, -0.2) is 9.37 Å². The number of aromatic nitrogens is 1. The summed E-state index contributed by atoms with van der Waals surface area (Å²) in [6, 6.07) is 4.48. The molecule has 1 aromatic heterocycles. The molecule has 0 bridgehead atoms. The van der Waals surface area contributed by atoms with Crippen LogP contribution in [0.1, 0.15) is 10.6 Å². The Morgan fingerprint density at radius 2 is 2.25 bits per heavy atom. The Bertz CT molecular complexity index is 527. The van der Waals surface area contributed by atoms with E-state index in [4.69, 9.17) is 16.7 Å². The first-order valence-electron chi connectivity index (χ1n) is 4.64. The normalized spacial score (nSPS) is 10.8. The van der Waals surface area contributed by atoms with E-state index in [0.29, 0.717) is 5.69 Å². The van der Waals surface area contributed by atoms with Crippen LogP contribution in [0.15, 0.2) is 18.2 Å². The van der Waals surface area contributed by atoms with E-state index in [1.54, 1.807) is 6.07 Å². The van der Waals surface area contributed by atoms with Crippen molar-refractivity contribution in [3.05, 3.63) is 39.6 Å². The highest BCUT2D eigenvalue weighted by Gasteiger charge is 2.10. The summed E-state index contributed by atoms with van der Waals surface area (Å²) in [6.45, 7) is 1.80. The number of nitrogens with zero attached hydrogens (tertiary/aromatic N) is 1. The molecule has 0 saturated carbocycles. The monoisotopic (exact) mass is 257 g/mol. The Balaban J connectivity index is 2.46. The van der Waals surface area contributed by atoms with E-state index in [-0.39, 0.29) is 11.6 Å². The summed E-state index contributed by atoms with van der Waals surface area (Å²) >= 11 is 7.15. The highest BCUT2D eigenvalue weighted by Crippen LogP contribution is 2.30. The smallest absolute Gasteiger partial charge is 0.141 e. The third kappa shape index (κ3) is 2.09. The van der Waals surface area contributed by atoms with Crippen molar-refractivity contribution in [1.82, 2.24) is 4.98 Å². The lowest BCUT2D eigenvalue weighted by Gasteiger charge is -1.98. The van der Waals surface area contributed by atoms with Crippen LogP contribution in [0.5, 0.6) is 0 Å². The lowest BCUT2D eigenvalue weighted by Crippen LogP contribution is -1.85. The molecule has 2 nitrogen and oxygen atoms in total. The Labute approximate surface area is 101 Å². The molecule has 84 valence electrons. The molecule has 16 heavy (non-hydrogen) atoms. The Morgan fingerprint density at radius 3 is 2.81 bits per heavy atom. The highest BCUT2D eigenvalue weighted by atomic mass is 35.5. The van der Waals surface area contributed by atoms with Crippen LogP contribution < -0.4 is 0 Å². The average molecular weight is 258 g/mol. The lowest BCUT2D eigenvalue weighted by molar-refractivity contribution is 0.277. The van der Waals surface area contributed by atoms with Gasteiger partial charge in [-0.1, -0.05) is 11.6 Å². The van der Waals surface area contributed by atoms with E-state index in [2.05, 4.69) is 4.98 Å². The van der Waals surface area contributed by atoms with Crippen LogP contribution in [0.2, 0.25) is 5.02 Å². The third-order valence-electron chi connectivity index (χ3n) is 2.21. The van der Waals surface area contributed by atoms with Crippen LogP contribution >= 0.6 is 22.9 Å². The van der Waals surface area contributed by atoms with Gasteiger partial charge in [0, 0.05) is 10.4 Å². The number of hydrogen-bond acceptors (Lipinski definition) is 3. The van der Waals surface area contributed by atoms with Gasteiger partial charge in [-0.05, 0) is 25.1 Å². The largest absolute Gasteiger partial charge is 0.390 e. The number of thiazole rings is 1. The second kappa shape index (κ2) is 4.49. The van der Waals surface area contributed by atoms with Crippen molar-refractivity contribution in [2.75, 3.05) is 0 Å². The number of hydrogen-bond donors (Lipinski definition) is 1. The number of benzene rings is 1. The average Bonchev–Trinajstić information content (AvgIpc) is 2.64. The van der Waals surface area contributed by atoms with Crippen LogP contribution in [-0.2, 0) is 6.61 Å². The highest BCUT2D eigenvalue weighted by molar-refractivity contribution is 7.15. The van der Waals surface area contributed by atoms with Gasteiger partial charge in [0.15, 0.2) is 0 Å². The Hall–Kier alpha value is -0.970. The van der Waals surface area contributed by atoms with Gasteiger partial charge in [0.1, 0.15) is 10.8 Å². The van der Waals surface area contributed by atoms with Gasteiger partial charge in [0.25, 0.3) is 0 Å². The molecule has 1 heterocycles. The van der Waals surface area contributed by atoms with E-state index < -0.39 is 5.82 Å².